The number of amides is 1. The van der Waals surface area contributed by atoms with E-state index in [1.807, 2.05) is 22.6 Å². The maximum Gasteiger partial charge on any atom is 0.291 e. The van der Waals surface area contributed by atoms with Crippen molar-refractivity contribution in [1.29, 1.82) is 0 Å². The van der Waals surface area contributed by atoms with Crippen LogP contribution < -0.4 is 11.1 Å². The number of aliphatic hydroxyl groups is 1. The second-order valence-electron chi connectivity index (χ2n) is 6.37. The third-order valence-electron chi connectivity index (χ3n) is 4.49. The smallest absolute Gasteiger partial charge is 0.291 e. The molecule has 0 aliphatic carbocycles. The van der Waals surface area contributed by atoms with Crippen LogP contribution in [0.5, 0.6) is 0 Å². The largest absolute Gasteiger partial charge is 0.448 e. The number of carbonyl (C=O) groups excluding carboxylic acids is 1. The predicted octanol–water partition coefficient (Wildman–Crippen LogP) is 2.46. The van der Waals surface area contributed by atoms with Gasteiger partial charge in [0.05, 0.1) is 17.2 Å². The third-order valence-corrected chi connectivity index (χ3v) is 5.17. The number of benzene rings is 1. The molecule has 0 bridgehead atoms. The molecule has 140 valence electrons. The molecule has 7 nitrogen and oxygen atoms in total. The average Bonchev–Trinajstić information content (AvgIpc) is 3.17. The van der Waals surface area contributed by atoms with Crippen LogP contribution in [0.3, 0.4) is 0 Å². The minimum atomic E-state index is -0.787. The van der Waals surface area contributed by atoms with Gasteiger partial charge in [0.1, 0.15) is 17.1 Å². The molecular weight excluding hydrogens is 466 g/mol. The summed E-state index contributed by atoms with van der Waals surface area (Å²) in [7, 11) is 0. The lowest BCUT2D eigenvalue weighted by Gasteiger charge is -2.15. The van der Waals surface area contributed by atoms with Crippen LogP contribution in [-0.2, 0) is 0 Å². The van der Waals surface area contributed by atoms with Crippen LogP contribution in [0.4, 0.5) is 15.8 Å². The van der Waals surface area contributed by atoms with Crippen LogP contribution in [-0.4, -0.2) is 46.1 Å². The number of aromatic nitrogens is 1. The van der Waals surface area contributed by atoms with Gasteiger partial charge in [-0.15, -0.1) is 0 Å². The van der Waals surface area contributed by atoms with E-state index in [1.165, 1.54) is 11.0 Å². The number of fused-ring (bicyclic) bond motifs is 1. The number of halogens is 2. The lowest BCUT2D eigenvalue weighted by Crippen LogP contribution is -2.33. The highest BCUT2D eigenvalue weighted by Gasteiger charge is 2.35. The van der Waals surface area contributed by atoms with E-state index in [4.69, 9.17) is 10.2 Å². The molecule has 1 aliphatic heterocycles. The molecule has 1 fully saturated rings. The van der Waals surface area contributed by atoms with Gasteiger partial charge in [0.25, 0.3) is 5.91 Å². The van der Waals surface area contributed by atoms with Crippen LogP contribution in [0.2, 0.25) is 0 Å². The molecule has 27 heavy (non-hydrogen) atoms. The van der Waals surface area contributed by atoms with Crippen molar-refractivity contribution in [2.24, 2.45) is 5.73 Å². The highest BCUT2D eigenvalue weighted by Crippen LogP contribution is 2.35. The summed E-state index contributed by atoms with van der Waals surface area (Å²) in [5, 5.41) is 13.4. The zero-order valence-electron chi connectivity index (χ0n) is 14.0. The zero-order valence-corrected chi connectivity index (χ0v) is 16.2. The van der Waals surface area contributed by atoms with Gasteiger partial charge >= 0.3 is 0 Å². The van der Waals surface area contributed by atoms with Crippen molar-refractivity contribution in [3.63, 3.8) is 0 Å². The van der Waals surface area contributed by atoms with Crippen LogP contribution in [0.15, 0.2) is 41.1 Å². The molecule has 3 aromatic rings. The van der Waals surface area contributed by atoms with E-state index in [9.17, 15) is 14.3 Å². The van der Waals surface area contributed by atoms with Gasteiger partial charge in [0, 0.05) is 35.1 Å². The van der Waals surface area contributed by atoms with E-state index in [1.54, 1.807) is 30.6 Å². The van der Waals surface area contributed by atoms with Crippen molar-refractivity contribution in [3.8, 4) is 0 Å². The Morgan fingerprint density at radius 3 is 2.93 bits per heavy atom. The summed E-state index contributed by atoms with van der Waals surface area (Å²) in [6.07, 6.45) is 2.31. The van der Waals surface area contributed by atoms with E-state index in [0.29, 0.717) is 16.7 Å². The average molecular weight is 482 g/mol. The summed E-state index contributed by atoms with van der Waals surface area (Å²) in [6.45, 7) is 0.333. The minimum Gasteiger partial charge on any atom is -0.448 e. The van der Waals surface area contributed by atoms with Gasteiger partial charge in [-0.25, -0.2) is 4.39 Å². The predicted molar refractivity (Wildman–Crippen MR) is 106 cm³/mol. The third kappa shape index (κ3) is 3.37. The molecule has 9 heteroatoms. The van der Waals surface area contributed by atoms with Crippen LogP contribution in [0.25, 0.3) is 11.0 Å². The lowest BCUT2D eigenvalue weighted by atomic mass is 10.2. The summed E-state index contributed by atoms with van der Waals surface area (Å²) in [6, 6.07) is 5.86. The highest BCUT2D eigenvalue weighted by atomic mass is 127. The van der Waals surface area contributed by atoms with Crippen molar-refractivity contribution < 1.29 is 18.7 Å². The first-order chi connectivity index (χ1) is 12.9. The molecule has 2 aromatic heterocycles. The number of likely N-dealkylation sites (tertiary alicyclic amines) is 1. The number of rotatable bonds is 3. The molecule has 1 aliphatic rings. The van der Waals surface area contributed by atoms with Gasteiger partial charge in [-0.1, -0.05) is 0 Å². The fourth-order valence-corrected chi connectivity index (χ4v) is 3.52. The van der Waals surface area contributed by atoms with Gasteiger partial charge in [-0.2, -0.15) is 0 Å². The Kier molecular flexibility index (Phi) is 4.74. The normalized spacial score (nSPS) is 19.6. The van der Waals surface area contributed by atoms with Crippen LogP contribution >= 0.6 is 22.6 Å². The molecule has 4 N–H and O–H groups in total. The Bertz CT molecular complexity index is 1020. The monoisotopic (exact) mass is 482 g/mol. The molecule has 0 unspecified atom stereocenters. The van der Waals surface area contributed by atoms with Gasteiger partial charge in [-0.05, 0) is 46.9 Å². The number of pyridine rings is 1. The van der Waals surface area contributed by atoms with E-state index in [2.05, 4.69) is 10.3 Å². The van der Waals surface area contributed by atoms with Gasteiger partial charge in [0.2, 0.25) is 5.76 Å². The molecule has 0 saturated carbocycles. The summed E-state index contributed by atoms with van der Waals surface area (Å²) >= 11 is 2.02. The molecule has 1 amide bonds. The number of aliphatic hydroxyl groups excluding tert-OH is 1. The maximum atomic E-state index is 14.3. The quantitative estimate of drug-likeness (QED) is 0.496. The van der Waals surface area contributed by atoms with Gasteiger partial charge in [0.15, 0.2) is 0 Å². The Morgan fingerprint density at radius 1 is 1.41 bits per heavy atom. The fourth-order valence-electron chi connectivity index (χ4n) is 3.06. The number of hydrogen-bond acceptors (Lipinski definition) is 6. The second-order valence-corrected chi connectivity index (χ2v) is 7.61. The van der Waals surface area contributed by atoms with Crippen molar-refractivity contribution in [2.75, 3.05) is 18.4 Å². The number of nitrogens with zero attached hydrogens (tertiary/aromatic N) is 2. The first-order valence-electron chi connectivity index (χ1n) is 8.25. The van der Waals surface area contributed by atoms with Crippen molar-refractivity contribution in [3.05, 3.63) is 51.8 Å². The SMILES string of the molecule is N[C@@H]1CN(C(=O)c2oc3ccncc3c2Nc2ccc(I)cc2F)C[C@H]1O. The maximum absolute atomic E-state index is 14.3. The van der Waals surface area contributed by atoms with Gasteiger partial charge in [-0.3, -0.25) is 9.78 Å². The van der Waals surface area contributed by atoms with Crippen LogP contribution in [0.1, 0.15) is 10.6 Å². The number of nitrogens with two attached hydrogens (primary N) is 1. The van der Waals surface area contributed by atoms with Crippen molar-refractivity contribution in [1.82, 2.24) is 9.88 Å². The standard InChI is InChI=1S/C18H16FIN4O3/c19-11-5-9(20)1-2-13(11)23-16-10-6-22-4-3-15(10)27-17(16)18(26)24-7-12(21)14(25)8-24/h1-6,12,14,23,25H,7-8,21H2/t12-,14-/m1/s1. The molecule has 1 aromatic carbocycles. The van der Waals surface area contributed by atoms with E-state index < -0.39 is 23.9 Å². The van der Waals surface area contributed by atoms with Crippen molar-refractivity contribution in [2.45, 2.75) is 12.1 Å². The number of furan rings is 1. The summed E-state index contributed by atoms with van der Waals surface area (Å²) < 4.78 is 20.8. The number of nitrogens with one attached hydrogen (secondary N) is 1. The Hall–Kier alpha value is -2.24. The number of hydrogen-bond donors (Lipinski definition) is 3. The van der Waals surface area contributed by atoms with E-state index in [0.717, 1.165) is 3.57 Å². The molecule has 4 rings (SSSR count). The number of anilines is 2. The Morgan fingerprint density at radius 2 is 2.22 bits per heavy atom. The van der Waals surface area contributed by atoms with Crippen LogP contribution in [0, 0.1) is 9.39 Å². The molecule has 1 saturated heterocycles. The molecule has 3 heterocycles. The summed E-state index contributed by atoms with van der Waals surface area (Å²) in [4.78, 5) is 18.5. The molecular formula is C18H16FIN4O3. The van der Waals surface area contributed by atoms with E-state index in [-0.39, 0.29) is 24.5 Å². The Balaban J connectivity index is 1.76. The van der Waals surface area contributed by atoms with Gasteiger partial charge < -0.3 is 25.5 Å². The number of β-amino-alcohol motifs (C(OH)–C–C–N with tert-alkyl or cyclic N) is 1. The summed E-state index contributed by atoms with van der Waals surface area (Å²) in [5.74, 6) is -0.846. The lowest BCUT2D eigenvalue weighted by molar-refractivity contribution is 0.0737. The molecule has 0 radical (unpaired) electrons. The minimum absolute atomic E-state index is 0.0252. The molecule has 0 spiro atoms. The fraction of sp³-hybridized carbons (Fsp3) is 0.222. The first kappa shape index (κ1) is 18.1. The van der Waals surface area contributed by atoms with E-state index >= 15 is 0 Å². The zero-order chi connectivity index (χ0) is 19.1. The highest BCUT2D eigenvalue weighted by molar-refractivity contribution is 14.1. The Labute approximate surface area is 167 Å². The molecule has 2 atom stereocenters. The summed E-state index contributed by atoms with van der Waals surface area (Å²) in [5.41, 5.74) is 6.80. The number of carbonyl (C=O) groups is 1. The topological polar surface area (TPSA) is 105 Å². The van der Waals surface area contributed by atoms with Crippen molar-refractivity contribution >= 4 is 50.8 Å². The first-order valence-corrected chi connectivity index (χ1v) is 9.33. The second kappa shape index (κ2) is 7.06.